The number of fused-ring (bicyclic) bond motifs is 1. The van der Waals surface area contributed by atoms with Crippen LogP contribution in [0.4, 0.5) is 0 Å². The third kappa shape index (κ3) is 3.76. The van der Waals surface area contributed by atoms with Gasteiger partial charge in [-0.15, -0.1) is 11.8 Å². The summed E-state index contributed by atoms with van der Waals surface area (Å²) in [7, 11) is 0. The van der Waals surface area contributed by atoms with Gasteiger partial charge in [-0.1, -0.05) is 38.1 Å². The van der Waals surface area contributed by atoms with Crippen molar-refractivity contribution in [1.29, 1.82) is 0 Å². The van der Waals surface area contributed by atoms with Crippen molar-refractivity contribution in [3.05, 3.63) is 35.4 Å². The molecule has 2 N–H and O–H groups in total. The second-order valence-corrected chi connectivity index (χ2v) is 7.27. The fraction of sp³-hybridized carbons (Fsp3) is 0.562. The average Bonchev–Trinajstić information content (AvgIpc) is 2.44. The molecule has 1 amide bonds. The topological polar surface area (TPSA) is 49.3 Å². The Balaban J connectivity index is 2.01. The number of aliphatic hydroxyl groups excluding tert-OH is 1. The van der Waals surface area contributed by atoms with Crippen LogP contribution in [-0.4, -0.2) is 29.9 Å². The molecule has 0 radical (unpaired) electrons. The molecule has 0 fully saturated rings. The van der Waals surface area contributed by atoms with Gasteiger partial charge in [0, 0.05) is 13.2 Å². The summed E-state index contributed by atoms with van der Waals surface area (Å²) in [6.45, 7) is 4.88. The van der Waals surface area contributed by atoms with E-state index < -0.39 is 0 Å². The highest BCUT2D eigenvalue weighted by Crippen LogP contribution is 2.36. The van der Waals surface area contributed by atoms with Crippen LogP contribution >= 0.6 is 11.8 Å². The van der Waals surface area contributed by atoms with Gasteiger partial charge >= 0.3 is 0 Å². The fourth-order valence-corrected chi connectivity index (χ4v) is 3.64. The number of aliphatic hydroxyl groups is 1. The number of benzene rings is 1. The van der Waals surface area contributed by atoms with Crippen molar-refractivity contribution in [2.45, 2.75) is 31.9 Å². The summed E-state index contributed by atoms with van der Waals surface area (Å²) in [5, 5.41) is 12.0. The molecule has 3 nitrogen and oxygen atoms in total. The third-order valence-electron chi connectivity index (χ3n) is 3.76. The van der Waals surface area contributed by atoms with E-state index in [0.717, 1.165) is 17.7 Å². The van der Waals surface area contributed by atoms with E-state index in [2.05, 4.69) is 31.3 Å². The normalized spacial score (nSPS) is 18.4. The Morgan fingerprint density at radius 1 is 1.45 bits per heavy atom. The largest absolute Gasteiger partial charge is 0.396 e. The van der Waals surface area contributed by atoms with Crippen molar-refractivity contribution in [1.82, 2.24) is 5.32 Å². The van der Waals surface area contributed by atoms with Crippen LogP contribution in [0.15, 0.2) is 24.3 Å². The maximum atomic E-state index is 12.4. The van der Waals surface area contributed by atoms with Gasteiger partial charge in [-0.25, -0.2) is 0 Å². The van der Waals surface area contributed by atoms with Crippen LogP contribution in [0.2, 0.25) is 0 Å². The fourth-order valence-electron chi connectivity index (χ4n) is 2.42. The summed E-state index contributed by atoms with van der Waals surface area (Å²) in [6.07, 6.45) is 1.74. The molecular weight excluding hydrogens is 270 g/mol. The molecule has 0 saturated heterocycles. The average molecular weight is 293 g/mol. The lowest BCUT2D eigenvalue weighted by atomic mass is 9.89. The number of hydrogen-bond donors (Lipinski definition) is 2. The molecular formula is C16H23NO2S. The second-order valence-electron chi connectivity index (χ2n) is 6.06. The molecule has 0 spiro atoms. The first-order valence-corrected chi connectivity index (χ1v) is 8.16. The van der Waals surface area contributed by atoms with Crippen molar-refractivity contribution in [2.24, 2.45) is 5.41 Å². The first-order chi connectivity index (χ1) is 9.53. The molecule has 1 aromatic rings. The van der Waals surface area contributed by atoms with Gasteiger partial charge in [-0.05, 0) is 35.1 Å². The van der Waals surface area contributed by atoms with E-state index in [1.807, 2.05) is 12.1 Å². The van der Waals surface area contributed by atoms with E-state index in [1.54, 1.807) is 11.8 Å². The number of rotatable bonds is 5. The number of thioether (sulfide) groups is 1. The molecule has 0 aliphatic carbocycles. The lowest BCUT2D eigenvalue weighted by Gasteiger charge is -2.28. The zero-order chi connectivity index (χ0) is 14.6. The number of amides is 1. The standard InChI is InChI=1S/C16H23NO2S/c1-16(2,8-9-18)11-17-15(19)14-13-6-4-3-5-12(13)7-10-20-14/h3-6,14,18H,7-11H2,1-2H3,(H,17,19). The maximum absolute atomic E-state index is 12.4. The lowest BCUT2D eigenvalue weighted by Crippen LogP contribution is -2.37. The van der Waals surface area contributed by atoms with Crippen molar-refractivity contribution in [3.8, 4) is 0 Å². The van der Waals surface area contributed by atoms with Crippen molar-refractivity contribution < 1.29 is 9.90 Å². The van der Waals surface area contributed by atoms with Crippen LogP contribution in [-0.2, 0) is 11.2 Å². The molecule has 1 unspecified atom stereocenters. The van der Waals surface area contributed by atoms with Gasteiger partial charge in [0.05, 0.1) is 0 Å². The minimum atomic E-state index is -0.0927. The van der Waals surface area contributed by atoms with Crippen LogP contribution in [0.25, 0.3) is 0 Å². The molecule has 1 aliphatic heterocycles. The number of carbonyl (C=O) groups excluding carboxylic acids is 1. The van der Waals surface area contributed by atoms with Gasteiger partial charge in [0.2, 0.25) is 5.91 Å². The van der Waals surface area contributed by atoms with E-state index in [1.165, 1.54) is 5.56 Å². The van der Waals surface area contributed by atoms with Gasteiger partial charge in [0.1, 0.15) is 5.25 Å². The first kappa shape index (κ1) is 15.4. The first-order valence-electron chi connectivity index (χ1n) is 7.11. The summed E-state index contributed by atoms with van der Waals surface area (Å²) in [4.78, 5) is 12.4. The van der Waals surface area contributed by atoms with Crippen LogP contribution in [0.5, 0.6) is 0 Å². The zero-order valence-electron chi connectivity index (χ0n) is 12.2. The Labute approximate surface area is 125 Å². The number of nitrogens with one attached hydrogen (secondary N) is 1. The monoisotopic (exact) mass is 293 g/mol. The van der Waals surface area contributed by atoms with Crippen LogP contribution in [0.1, 0.15) is 36.6 Å². The SMILES string of the molecule is CC(C)(CCO)CNC(=O)C1SCCc2ccccc21. The molecule has 4 heteroatoms. The Kier molecular flexibility index (Phi) is 5.11. The Bertz CT molecular complexity index is 473. The molecule has 1 atom stereocenters. The summed E-state index contributed by atoms with van der Waals surface area (Å²) in [6, 6.07) is 8.21. The number of aryl methyl sites for hydroxylation is 1. The Hall–Kier alpha value is -1.00. The number of hydrogen-bond acceptors (Lipinski definition) is 3. The summed E-state index contributed by atoms with van der Waals surface area (Å²) < 4.78 is 0. The highest BCUT2D eigenvalue weighted by molar-refractivity contribution is 8.00. The van der Waals surface area contributed by atoms with E-state index in [4.69, 9.17) is 5.11 Å². The molecule has 110 valence electrons. The van der Waals surface area contributed by atoms with Crippen molar-refractivity contribution >= 4 is 17.7 Å². The van der Waals surface area contributed by atoms with E-state index in [0.29, 0.717) is 13.0 Å². The van der Waals surface area contributed by atoms with Gasteiger partial charge in [-0.3, -0.25) is 4.79 Å². The van der Waals surface area contributed by atoms with Crippen LogP contribution in [0, 0.1) is 5.41 Å². The molecule has 1 aromatic carbocycles. The highest BCUT2D eigenvalue weighted by atomic mass is 32.2. The predicted molar refractivity (Wildman–Crippen MR) is 83.8 cm³/mol. The van der Waals surface area contributed by atoms with Gasteiger partial charge < -0.3 is 10.4 Å². The molecule has 20 heavy (non-hydrogen) atoms. The molecule has 0 bridgehead atoms. The Morgan fingerprint density at radius 2 is 2.20 bits per heavy atom. The Morgan fingerprint density at radius 3 is 2.95 bits per heavy atom. The lowest BCUT2D eigenvalue weighted by molar-refractivity contribution is -0.121. The predicted octanol–water partition coefficient (Wildman–Crippen LogP) is 2.54. The molecule has 0 saturated carbocycles. The molecule has 1 heterocycles. The third-order valence-corrected chi connectivity index (χ3v) is 5.00. The second kappa shape index (κ2) is 6.64. The van der Waals surface area contributed by atoms with Crippen LogP contribution in [0.3, 0.4) is 0 Å². The zero-order valence-corrected chi connectivity index (χ0v) is 13.0. The van der Waals surface area contributed by atoms with Crippen LogP contribution < -0.4 is 5.32 Å². The minimum Gasteiger partial charge on any atom is -0.396 e. The molecule has 1 aliphatic rings. The quantitative estimate of drug-likeness (QED) is 0.877. The van der Waals surface area contributed by atoms with E-state index in [9.17, 15) is 4.79 Å². The summed E-state index contributed by atoms with van der Waals surface area (Å²) >= 11 is 1.72. The summed E-state index contributed by atoms with van der Waals surface area (Å²) in [5.41, 5.74) is 2.38. The maximum Gasteiger partial charge on any atom is 0.237 e. The van der Waals surface area contributed by atoms with Gasteiger partial charge in [0.15, 0.2) is 0 Å². The summed E-state index contributed by atoms with van der Waals surface area (Å²) in [5.74, 6) is 1.09. The van der Waals surface area contributed by atoms with E-state index in [-0.39, 0.29) is 23.2 Å². The van der Waals surface area contributed by atoms with Crippen molar-refractivity contribution in [3.63, 3.8) is 0 Å². The van der Waals surface area contributed by atoms with Crippen molar-refractivity contribution in [2.75, 3.05) is 18.9 Å². The number of carbonyl (C=O) groups is 1. The minimum absolute atomic E-state index is 0.0662. The van der Waals surface area contributed by atoms with E-state index >= 15 is 0 Å². The van der Waals surface area contributed by atoms with Gasteiger partial charge in [-0.2, -0.15) is 0 Å². The highest BCUT2D eigenvalue weighted by Gasteiger charge is 2.28. The molecule has 2 rings (SSSR count). The smallest absolute Gasteiger partial charge is 0.237 e. The van der Waals surface area contributed by atoms with Gasteiger partial charge in [0.25, 0.3) is 0 Å². The molecule has 0 aromatic heterocycles.